The zero-order valence-corrected chi connectivity index (χ0v) is 72.8. The van der Waals surface area contributed by atoms with Gasteiger partial charge in [0.15, 0.2) is 23.9 Å². The fourth-order valence-electron chi connectivity index (χ4n) is 18.8. The quantitative estimate of drug-likeness (QED) is 0.0332. The summed E-state index contributed by atoms with van der Waals surface area (Å²) in [5.41, 5.74) is 10.3. The Kier molecular flexibility index (Phi) is 30.1. The van der Waals surface area contributed by atoms with Crippen LogP contribution >= 0.6 is 11.6 Å². The lowest BCUT2D eigenvalue weighted by Gasteiger charge is -2.54. The average molecular weight is 1790 g/mol. The van der Waals surface area contributed by atoms with E-state index in [-0.39, 0.29) is 111 Å². The molecule has 5 aromatic carbocycles. The number of likely N-dealkylation sites (N-methyl/N-ethyl adjacent to an activating group) is 1. The minimum absolute atomic E-state index is 0.0161. The summed E-state index contributed by atoms with van der Waals surface area (Å²) < 4.78 is 68.4. The maximum Gasteiger partial charge on any atom is 0.248 e. The van der Waals surface area contributed by atoms with Crippen molar-refractivity contribution in [3.05, 3.63) is 117 Å². The van der Waals surface area contributed by atoms with Crippen molar-refractivity contribution in [2.45, 2.75) is 248 Å². The summed E-state index contributed by atoms with van der Waals surface area (Å²) in [5, 5.41) is 122. The summed E-state index contributed by atoms with van der Waals surface area (Å²) in [6, 6.07) is -0.329. The monoisotopic (exact) mass is 1790 g/mol. The highest BCUT2D eigenvalue weighted by molar-refractivity contribution is 7.89. The fraction of sp³-hybridized carbons (Fsp3) is 0.568. The Hall–Kier alpha value is -9.58. The topological polar surface area (TPSA) is 560 Å². The van der Waals surface area contributed by atoms with Gasteiger partial charge in [0.05, 0.1) is 41.5 Å². The first-order chi connectivity index (χ1) is 60.0. The number of hydrogen-bond acceptors (Lipinski definition) is 27. The lowest BCUT2D eigenvalue weighted by atomic mass is 9.54. The van der Waals surface area contributed by atoms with Crippen LogP contribution in [0, 0.1) is 42.4 Å². The molecule has 7 heterocycles. The van der Waals surface area contributed by atoms with Crippen molar-refractivity contribution in [3.63, 3.8) is 0 Å². The highest BCUT2D eigenvalue weighted by atomic mass is 35.5. The summed E-state index contributed by atoms with van der Waals surface area (Å²) in [7, 11) is -2.23. The van der Waals surface area contributed by atoms with Gasteiger partial charge in [-0.25, -0.2) is 13.1 Å². The number of ether oxygens (including phenoxy) is 6. The molecule has 4 saturated carbocycles. The van der Waals surface area contributed by atoms with Gasteiger partial charge in [0.2, 0.25) is 69.3 Å². The molecule has 126 heavy (non-hydrogen) atoms. The number of carbonyl (C=O) groups is 8. The van der Waals surface area contributed by atoms with E-state index in [2.05, 4.69) is 59.5 Å². The third kappa shape index (κ3) is 21.2. The van der Waals surface area contributed by atoms with E-state index in [0.29, 0.717) is 18.3 Å². The number of phenolic OH excluding ortho intramolecular Hbond substituents is 3. The van der Waals surface area contributed by atoms with Gasteiger partial charge < -0.3 is 129 Å². The first-order valence-corrected chi connectivity index (χ1v) is 45.4. The number of nitrogens with one attached hydrogen (secondary N) is 10. The summed E-state index contributed by atoms with van der Waals surface area (Å²) >= 11 is 7.32. The Labute approximate surface area is 734 Å². The van der Waals surface area contributed by atoms with Gasteiger partial charge in [0, 0.05) is 49.3 Å². The van der Waals surface area contributed by atoms with Crippen molar-refractivity contribution < 1.29 is 116 Å². The SMILES string of the molecule is CCCCCCCCS(=O)(=O)NCCNCc1c(O)cc2c(c1O)-c1cc(ccc1O)[C@H]1NC(=O)[C@@H]3NC(=O)[C@H](CC(N)=O)NC(=O)[C@H](NC(=O)[C@@H](CC(C)C)NC)[C@H](O)c4ccc(c(C)c4)Oc4cc3cc(c4O[C@@H]3O[C@H](CO)[C@@H](O)[C@H](O)[C@H]3O[C@H]3C[C@H](N)[C@H](C)[C@H](C)O3)Oc3ccc(cc3Cl)[C@@H](O)[C@H](NC1=O)C(=O)N[C@@H]2C(=O)NC1C2CC3CC(C2)CC1C3. The number of rotatable bonds is 27. The molecule has 686 valence electrons. The van der Waals surface area contributed by atoms with E-state index in [9.17, 15) is 58.9 Å². The summed E-state index contributed by atoms with van der Waals surface area (Å²) in [6.45, 7) is 9.40. The first-order valence-electron chi connectivity index (χ1n) is 43.3. The number of halogens is 1. The number of aliphatic hydroxyl groups is 5. The van der Waals surface area contributed by atoms with Crippen molar-refractivity contribution in [1.29, 1.82) is 0 Å². The molecule has 0 spiro atoms. The molecule has 4 aliphatic carbocycles. The number of amides is 8. The molecule has 18 atom stereocenters. The van der Waals surface area contributed by atoms with Gasteiger partial charge in [-0.1, -0.05) is 89.6 Å². The van der Waals surface area contributed by atoms with Crippen LogP contribution in [0.5, 0.6) is 46.0 Å². The number of fused-ring (bicyclic) bond motifs is 15. The zero-order valence-electron chi connectivity index (χ0n) is 71.3. The van der Waals surface area contributed by atoms with E-state index in [1.807, 2.05) is 20.8 Å². The second-order valence-electron chi connectivity index (χ2n) is 35.2. The Morgan fingerprint density at radius 2 is 1.33 bits per heavy atom. The van der Waals surface area contributed by atoms with E-state index in [0.717, 1.165) is 107 Å². The Balaban J connectivity index is 0.991. The molecule has 0 radical (unpaired) electrons. The largest absolute Gasteiger partial charge is 0.507 e. The molecule has 11 aliphatic rings. The predicted octanol–water partition coefficient (Wildman–Crippen LogP) is 3.87. The van der Waals surface area contributed by atoms with Crippen LogP contribution in [-0.2, 0) is 69.1 Å². The number of sulfonamides is 1. The Morgan fingerprint density at radius 3 is 1.98 bits per heavy atom. The molecule has 0 aromatic heterocycles. The van der Waals surface area contributed by atoms with Crippen molar-refractivity contribution in [2.75, 3.05) is 32.5 Å². The molecular weight excluding hydrogens is 1680 g/mol. The van der Waals surface area contributed by atoms with Crippen LogP contribution in [0.4, 0.5) is 0 Å². The van der Waals surface area contributed by atoms with E-state index < -0.39 is 232 Å². The lowest BCUT2D eigenvalue weighted by Crippen LogP contribution is -2.62. The third-order valence-corrected chi connectivity index (χ3v) is 27.5. The van der Waals surface area contributed by atoms with Crippen molar-refractivity contribution in [3.8, 4) is 57.1 Å². The van der Waals surface area contributed by atoms with Crippen LogP contribution in [0.15, 0.2) is 72.8 Å². The average Bonchev–Trinajstić information content (AvgIpc) is 0.752. The standard InChI is InChI=1S/C88H117ClN12O24S/c1-8-9-10-11-12-13-22-126(118,119)94-21-20-93-37-53-59(104)34-52-67(76(53)108)51-30-45(14-17-58(51)103)69-83(113)101-73(87(117)99-71(52)85(115)96-68-48-26-43-25-44(28-48)29-49(68)27-43)75(107)47-16-19-61(54(89)31-47)122-63-33-50-32-62(79(63)125-88-80(78(110)77(109)64(38-102)123-88)124-66-35-55(90)41(5)42(6)120-66)121-60-18-15-46(24-40(60)4)74(106)72(100-81(111)56(92-7)23-39(2)3)86(116)95-57(36-65(91)105)82(112)97-70(50)84(114)98-69/h14-19,24,30-34,39,41-44,48-49,55-57,64,66,68-75,77-78,80,88,92-94,102-104,106-110H,8-13,20-23,25-29,35-38,90H2,1-7H3,(H2,91,105)(H,95,116)(H,96,115)(H,97,112)(H,98,114)(H,99,117)(H,100,111)(H,101,113)/t41-,42+,43?,44?,48?,49?,55+,56-,57+,64-,66+,68?,69-,70-,71+,72-,73+,74-,75-,77-,78+,80-,88+/m1/s1. The number of phenols is 3. The Bertz CT molecular complexity index is 4950. The number of nitrogens with two attached hydrogens (primary N) is 2. The second-order valence-corrected chi connectivity index (χ2v) is 37.5. The smallest absolute Gasteiger partial charge is 0.248 e. The molecule has 8 amide bonds. The fourth-order valence-corrected chi connectivity index (χ4v) is 20.2. The molecule has 5 aromatic rings. The van der Waals surface area contributed by atoms with E-state index >= 15 is 28.8 Å². The molecule has 2 saturated heterocycles. The highest BCUT2D eigenvalue weighted by Crippen LogP contribution is 2.55. The molecule has 7 aliphatic heterocycles. The van der Waals surface area contributed by atoms with Crippen LogP contribution < -0.4 is 78.3 Å². The highest BCUT2D eigenvalue weighted by Gasteiger charge is 2.53. The number of primary amides is 1. The van der Waals surface area contributed by atoms with Gasteiger partial charge >= 0.3 is 0 Å². The minimum atomic E-state index is -3.74. The van der Waals surface area contributed by atoms with Crippen LogP contribution in [-0.4, -0.2) is 208 Å². The number of aromatic hydroxyl groups is 3. The molecule has 36 nitrogen and oxygen atoms in total. The van der Waals surface area contributed by atoms with Gasteiger partial charge in [-0.15, -0.1) is 0 Å². The van der Waals surface area contributed by atoms with Crippen LogP contribution in [0.2, 0.25) is 5.02 Å². The second kappa shape index (κ2) is 40.4. The number of aliphatic hydroxyl groups excluding tert-OH is 5. The van der Waals surface area contributed by atoms with Gasteiger partial charge in [-0.3, -0.25) is 38.4 Å². The van der Waals surface area contributed by atoms with E-state index in [1.54, 1.807) is 6.92 Å². The third-order valence-electron chi connectivity index (χ3n) is 25.7. The zero-order chi connectivity index (χ0) is 90.6. The van der Waals surface area contributed by atoms with Crippen molar-refractivity contribution in [1.82, 2.24) is 52.6 Å². The summed E-state index contributed by atoms with van der Waals surface area (Å²) in [5.74, 6) is -13.1. The maximum atomic E-state index is 16.6. The van der Waals surface area contributed by atoms with Gasteiger partial charge in [-0.2, -0.15) is 0 Å². The number of carbonyl (C=O) groups excluding carboxylic acids is 8. The van der Waals surface area contributed by atoms with Gasteiger partial charge in [-0.05, 0) is 189 Å². The number of hydrogen-bond donors (Lipinski definition) is 20. The van der Waals surface area contributed by atoms with Crippen molar-refractivity contribution in [2.24, 2.45) is 47.0 Å². The van der Waals surface area contributed by atoms with Crippen LogP contribution in [0.25, 0.3) is 11.1 Å². The minimum Gasteiger partial charge on any atom is -0.507 e. The van der Waals surface area contributed by atoms with Crippen molar-refractivity contribution >= 4 is 68.9 Å². The summed E-state index contributed by atoms with van der Waals surface area (Å²) in [4.78, 5) is 123. The van der Waals surface area contributed by atoms with Gasteiger partial charge in [0.25, 0.3) is 0 Å². The summed E-state index contributed by atoms with van der Waals surface area (Å²) in [6.07, 6.45) is -6.43. The van der Waals surface area contributed by atoms with Crippen LogP contribution in [0.3, 0.4) is 0 Å². The van der Waals surface area contributed by atoms with Gasteiger partial charge in [0.1, 0.15) is 95.5 Å². The first kappa shape index (κ1) is 94.0. The lowest BCUT2D eigenvalue weighted by molar-refractivity contribution is -0.328. The Morgan fingerprint density at radius 1 is 0.683 bits per heavy atom. The molecular formula is C88H117ClN12O24S. The molecule has 0 unspecified atom stereocenters. The number of benzene rings is 5. The molecule has 15 bridgehead atoms. The normalized spacial score (nSPS) is 29.8. The number of aryl methyl sites for hydroxylation is 1. The van der Waals surface area contributed by atoms with Crippen LogP contribution in [0.1, 0.15) is 194 Å². The number of unbranched alkanes of at least 4 members (excludes halogenated alkanes) is 5. The predicted molar refractivity (Wildman–Crippen MR) is 456 cm³/mol. The van der Waals surface area contributed by atoms with E-state index in [4.69, 9.17) is 51.5 Å². The molecule has 16 rings (SSSR count). The maximum absolute atomic E-state index is 16.6. The molecule has 38 heteroatoms. The van der Waals surface area contributed by atoms with E-state index in [1.165, 1.54) is 44.3 Å². The molecule has 22 N–H and O–H groups in total. The molecule has 6 fully saturated rings.